The second-order valence-corrected chi connectivity index (χ2v) is 6.64. The third-order valence-electron chi connectivity index (χ3n) is 4.85. The van der Waals surface area contributed by atoms with Gasteiger partial charge in [0.05, 0.1) is 0 Å². The van der Waals surface area contributed by atoms with E-state index in [-0.39, 0.29) is 0 Å². The fourth-order valence-electron chi connectivity index (χ4n) is 3.55. The summed E-state index contributed by atoms with van der Waals surface area (Å²) in [6.07, 6.45) is 5.37. The monoisotopic (exact) mass is 350 g/mol. The van der Waals surface area contributed by atoms with Crippen molar-refractivity contribution in [3.63, 3.8) is 0 Å². The number of benzene rings is 4. The highest BCUT2D eigenvalue weighted by Crippen LogP contribution is 2.39. The largest absolute Gasteiger partial charge is 0.455 e. The van der Waals surface area contributed by atoms with Gasteiger partial charge < -0.3 is 4.74 Å². The zero-order valence-electron chi connectivity index (χ0n) is 15.3. The van der Waals surface area contributed by atoms with Crippen LogP contribution >= 0.6 is 0 Å². The summed E-state index contributed by atoms with van der Waals surface area (Å²) in [4.78, 5) is 0. The molecule has 0 spiro atoms. The van der Waals surface area contributed by atoms with Crippen LogP contribution in [0.1, 0.15) is 11.1 Å². The van der Waals surface area contributed by atoms with Crippen LogP contribution < -0.4 is 4.74 Å². The van der Waals surface area contributed by atoms with Gasteiger partial charge in [0.25, 0.3) is 0 Å². The summed E-state index contributed by atoms with van der Waals surface area (Å²) in [7, 11) is 0. The average molecular weight is 350 g/mol. The molecule has 0 atom stereocenters. The topological polar surface area (TPSA) is 9.23 Å². The standard InChI is InChI=1S/C26H22O/c1-3-9-21-17-15-19-11-5-7-13-23(19)25(21)27-26-22(10-4-2)18-16-20-12-6-8-14-24(20)26/h3-8,11-18H,1-2,9-10H2. The van der Waals surface area contributed by atoms with Crippen LogP contribution in [-0.2, 0) is 12.8 Å². The minimum atomic E-state index is 0.766. The zero-order chi connectivity index (χ0) is 18.6. The minimum absolute atomic E-state index is 0.766. The van der Waals surface area contributed by atoms with Crippen LogP contribution in [0.3, 0.4) is 0 Å². The number of hydrogen-bond acceptors (Lipinski definition) is 1. The van der Waals surface area contributed by atoms with Gasteiger partial charge in [0.2, 0.25) is 0 Å². The van der Waals surface area contributed by atoms with E-state index >= 15 is 0 Å². The highest BCUT2D eigenvalue weighted by atomic mass is 16.5. The van der Waals surface area contributed by atoms with Gasteiger partial charge >= 0.3 is 0 Å². The smallest absolute Gasteiger partial charge is 0.138 e. The molecule has 0 aliphatic heterocycles. The third kappa shape index (κ3) is 3.24. The molecule has 0 aliphatic carbocycles. The molecule has 1 heteroatoms. The van der Waals surface area contributed by atoms with Gasteiger partial charge in [0.1, 0.15) is 11.5 Å². The van der Waals surface area contributed by atoms with E-state index in [9.17, 15) is 0 Å². The molecular weight excluding hydrogens is 328 g/mol. The van der Waals surface area contributed by atoms with E-state index in [1.165, 1.54) is 10.8 Å². The molecule has 0 fully saturated rings. The molecule has 0 heterocycles. The van der Waals surface area contributed by atoms with Gasteiger partial charge in [-0.05, 0) is 34.7 Å². The summed E-state index contributed by atoms with van der Waals surface area (Å²) < 4.78 is 6.68. The summed E-state index contributed by atoms with van der Waals surface area (Å²) in [5.74, 6) is 1.82. The third-order valence-corrected chi connectivity index (χ3v) is 4.85. The maximum absolute atomic E-state index is 6.68. The maximum atomic E-state index is 6.68. The van der Waals surface area contributed by atoms with E-state index in [1.54, 1.807) is 0 Å². The molecule has 4 rings (SSSR count). The van der Waals surface area contributed by atoms with Crippen LogP contribution in [0.15, 0.2) is 98.1 Å². The predicted molar refractivity (Wildman–Crippen MR) is 116 cm³/mol. The second kappa shape index (κ2) is 7.51. The summed E-state index contributed by atoms with van der Waals surface area (Å²) in [6.45, 7) is 7.82. The van der Waals surface area contributed by atoms with Crippen LogP contribution in [0.2, 0.25) is 0 Å². The Morgan fingerprint density at radius 3 is 1.48 bits per heavy atom. The van der Waals surface area contributed by atoms with Gasteiger partial charge in [-0.3, -0.25) is 0 Å². The predicted octanol–water partition coefficient (Wildman–Crippen LogP) is 7.24. The van der Waals surface area contributed by atoms with E-state index in [4.69, 9.17) is 4.74 Å². The Kier molecular flexibility index (Phi) is 4.76. The molecule has 0 amide bonds. The van der Waals surface area contributed by atoms with Crippen molar-refractivity contribution in [3.8, 4) is 11.5 Å². The molecule has 4 aromatic carbocycles. The van der Waals surface area contributed by atoms with Crippen molar-refractivity contribution in [1.29, 1.82) is 0 Å². The van der Waals surface area contributed by atoms with E-state index < -0.39 is 0 Å². The minimum Gasteiger partial charge on any atom is -0.455 e. The fourth-order valence-corrected chi connectivity index (χ4v) is 3.55. The number of rotatable bonds is 6. The molecule has 132 valence electrons. The SMILES string of the molecule is C=CCc1ccc2ccccc2c1Oc1c(CC=C)ccc2ccccc12. The average Bonchev–Trinajstić information content (AvgIpc) is 2.71. The molecule has 4 aromatic rings. The number of allylic oxidation sites excluding steroid dienone is 2. The molecule has 27 heavy (non-hydrogen) atoms. The van der Waals surface area contributed by atoms with Crippen molar-refractivity contribution in [3.05, 3.63) is 109 Å². The van der Waals surface area contributed by atoms with Crippen LogP contribution in [0.5, 0.6) is 11.5 Å². The Bertz CT molecular complexity index is 1050. The summed E-state index contributed by atoms with van der Waals surface area (Å²) in [5, 5.41) is 4.58. The Morgan fingerprint density at radius 2 is 1.04 bits per heavy atom. The first-order valence-electron chi connectivity index (χ1n) is 9.22. The lowest BCUT2D eigenvalue weighted by Gasteiger charge is -2.18. The van der Waals surface area contributed by atoms with Crippen molar-refractivity contribution in [1.82, 2.24) is 0 Å². The van der Waals surface area contributed by atoms with Crippen molar-refractivity contribution < 1.29 is 4.74 Å². The Hall–Kier alpha value is -3.32. The van der Waals surface area contributed by atoms with Crippen molar-refractivity contribution in [2.75, 3.05) is 0 Å². The van der Waals surface area contributed by atoms with Crippen LogP contribution in [0.4, 0.5) is 0 Å². The van der Waals surface area contributed by atoms with Gasteiger partial charge in [-0.2, -0.15) is 0 Å². The number of hydrogen-bond donors (Lipinski definition) is 0. The Morgan fingerprint density at radius 1 is 0.593 bits per heavy atom. The Balaban J connectivity index is 1.96. The van der Waals surface area contributed by atoms with Gasteiger partial charge in [0, 0.05) is 10.8 Å². The van der Waals surface area contributed by atoms with E-state index in [0.717, 1.165) is 46.2 Å². The molecule has 1 nitrogen and oxygen atoms in total. The van der Waals surface area contributed by atoms with E-state index in [1.807, 2.05) is 12.2 Å². The number of fused-ring (bicyclic) bond motifs is 2. The van der Waals surface area contributed by atoms with Gasteiger partial charge in [-0.25, -0.2) is 0 Å². The molecule has 0 bridgehead atoms. The van der Waals surface area contributed by atoms with Crippen molar-refractivity contribution >= 4 is 21.5 Å². The summed E-state index contributed by atoms with van der Waals surface area (Å²) >= 11 is 0. The second-order valence-electron chi connectivity index (χ2n) is 6.64. The van der Waals surface area contributed by atoms with Gasteiger partial charge in [-0.15, -0.1) is 13.2 Å². The normalized spacial score (nSPS) is 10.8. The first-order valence-corrected chi connectivity index (χ1v) is 9.22. The molecule has 0 unspecified atom stereocenters. The highest BCUT2D eigenvalue weighted by molar-refractivity contribution is 5.93. The summed E-state index contributed by atoms with van der Waals surface area (Å²) in [5.41, 5.74) is 2.28. The zero-order valence-corrected chi connectivity index (χ0v) is 15.3. The van der Waals surface area contributed by atoms with Crippen molar-refractivity contribution in [2.24, 2.45) is 0 Å². The lowest BCUT2D eigenvalue weighted by Crippen LogP contribution is -1.97. The highest BCUT2D eigenvalue weighted by Gasteiger charge is 2.14. The van der Waals surface area contributed by atoms with Gasteiger partial charge in [-0.1, -0.05) is 84.9 Å². The maximum Gasteiger partial charge on any atom is 0.138 e. The molecular formula is C26H22O. The molecule has 0 saturated heterocycles. The quantitative estimate of drug-likeness (QED) is 0.333. The molecule has 0 aliphatic rings. The lowest BCUT2D eigenvalue weighted by atomic mass is 10.0. The summed E-state index contributed by atoms with van der Waals surface area (Å²) in [6, 6.07) is 25.3. The lowest BCUT2D eigenvalue weighted by molar-refractivity contribution is 0.484. The fraction of sp³-hybridized carbons (Fsp3) is 0.0769. The first kappa shape index (κ1) is 17.1. The molecule has 0 N–H and O–H groups in total. The van der Waals surface area contributed by atoms with Crippen LogP contribution in [0.25, 0.3) is 21.5 Å². The molecule has 0 aromatic heterocycles. The van der Waals surface area contributed by atoms with E-state index in [0.29, 0.717) is 0 Å². The van der Waals surface area contributed by atoms with Crippen LogP contribution in [0, 0.1) is 0 Å². The Labute approximate surface area is 160 Å². The van der Waals surface area contributed by atoms with Gasteiger partial charge in [0.15, 0.2) is 0 Å². The molecule has 0 radical (unpaired) electrons. The van der Waals surface area contributed by atoms with E-state index in [2.05, 4.69) is 86.0 Å². The first-order chi connectivity index (χ1) is 13.3. The van der Waals surface area contributed by atoms with Crippen LogP contribution in [-0.4, -0.2) is 0 Å². The number of ether oxygens (including phenoxy) is 1. The van der Waals surface area contributed by atoms with Crippen molar-refractivity contribution in [2.45, 2.75) is 12.8 Å². The molecule has 0 saturated carbocycles.